The van der Waals surface area contributed by atoms with Gasteiger partial charge in [0, 0.05) is 12.7 Å². The summed E-state index contributed by atoms with van der Waals surface area (Å²) in [6, 6.07) is 1.66. The number of aromatic nitrogens is 2. The van der Waals surface area contributed by atoms with Gasteiger partial charge >= 0.3 is 0 Å². The molecule has 0 amide bonds. The van der Waals surface area contributed by atoms with E-state index in [1.165, 1.54) is 32.1 Å². The number of rotatable bonds is 4. The minimum Gasteiger partial charge on any atom is -0.394 e. The van der Waals surface area contributed by atoms with Crippen LogP contribution in [0.4, 0.5) is 0 Å². The Morgan fingerprint density at radius 1 is 1.20 bits per heavy atom. The first-order valence-corrected chi connectivity index (χ1v) is 8.12. The van der Waals surface area contributed by atoms with E-state index < -0.39 is 0 Å². The smallest absolute Gasteiger partial charge is 0.0701 e. The first-order chi connectivity index (χ1) is 9.74. The predicted octanol–water partition coefficient (Wildman–Crippen LogP) is 1.95. The zero-order valence-corrected chi connectivity index (χ0v) is 12.0. The van der Waals surface area contributed by atoms with Crippen molar-refractivity contribution in [2.75, 3.05) is 6.61 Å². The summed E-state index contributed by atoms with van der Waals surface area (Å²) in [5.41, 5.74) is 6.97. The Hall–Kier alpha value is -0.870. The average molecular weight is 275 g/mol. The zero-order valence-electron chi connectivity index (χ0n) is 12.0. The lowest BCUT2D eigenvalue weighted by Crippen LogP contribution is -2.46. The second kappa shape index (κ2) is 4.85. The van der Waals surface area contributed by atoms with Crippen LogP contribution in [0.5, 0.6) is 0 Å². The van der Waals surface area contributed by atoms with Gasteiger partial charge in [-0.25, -0.2) is 0 Å². The van der Waals surface area contributed by atoms with Crippen molar-refractivity contribution in [3.05, 3.63) is 18.0 Å². The molecule has 4 aliphatic rings. The van der Waals surface area contributed by atoms with Crippen LogP contribution >= 0.6 is 0 Å². The van der Waals surface area contributed by atoms with E-state index in [4.69, 9.17) is 5.73 Å². The van der Waals surface area contributed by atoms with E-state index in [0.29, 0.717) is 0 Å². The fourth-order valence-corrected chi connectivity index (χ4v) is 5.44. The Kier molecular flexibility index (Phi) is 3.11. The molecule has 0 saturated heterocycles. The largest absolute Gasteiger partial charge is 0.394 e. The second-order valence-electron chi connectivity index (χ2n) is 7.32. The highest BCUT2D eigenvalue weighted by atomic mass is 16.3. The van der Waals surface area contributed by atoms with Crippen molar-refractivity contribution in [3.8, 4) is 0 Å². The van der Waals surface area contributed by atoms with Gasteiger partial charge in [-0.1, -0.05) is 0 Å². The lowest BCUT2D eigenvalue weighted by Gasteiger charge is -2.54. The van der Waals surface area contributed by atoms with Crippen LogP contribution in [0, 0.1) is 29.6 Å². The number of nitrogens with zero attached hydrogens (tertiary/aromatic N) is 2. The van der Waals surface area contributed by atoms with Gasteiger partial charge in [0.25, 0.3) is 0 Å². The second-order valence-corrected chi connectivity index (χ2v) is 7.32. The van der Waals surface area contributed by atoms with Gasteiger partial charge in [-0.3, -0.25) is 4.68 Å². The first kappa shape index (κ1) is 12.8. The van der Waals surface area contributed by atoms with Crippen molar-refractivity contribution in [2.24, 2.45) is 35.3 Å². The summed E-state index contributed by atoms with van der Waals surface area (Å²) in [5, 5.41) is 13.7. The lowest BCUT2D eigenvalue weighted by molar-refractivity contribution is -0.0446. The molecule has 4 aliphatic carbocycles. The summed E-state index contributed by atoms with van der Waals surface area (Å²) < 4.78 is 2.06. The van der Waals surface area contributed by atoms with E-state index in [-0.39, 0.29) is 12.6 Å². The molecule has 4 nitrogen and oxygen atoms in total. The molecule has 110 valence electrons. The highest BCUT2D eigenvalue weighted by Crippen LogP contribution is 2.56. The SMILES string of the molecule is NC(CO)c1ccnn1CC1C2CC3CC(C2)CC1C3. The van der Waals surface area contributed by atoms with Crippen molar-refractivity contribution < 1.29 is 5.11 Å². The summed E-state index contributed by atoms with van der Waals surface area (Å²) in [5.74, 6) is 4.64. The number of aliphatic hydroxyl groups excluding tert-OH is 1. The fraction of sp³-hybridized carbons (Fsp3) is 0.812. The minimum atomic E-state index is -0.297. The van der Waals surface area contributed by atoms with Crippen molar-refractivity contribution in [2.45, 2.75) is 44.7 Å². The Morgan fingerprint density at radius 2 is 1.85 bits per heavy atom. The third kappa shape index (κ3) is 2.01. The highest BCUT2D eigenvalue weighted by molar-refractivity contribution is 5.07. The molecular formula is C16H25N3O. The van der Waals surface area contributed by atoms with E-state index in [0.717, 1.165) is 41.8 Å². The number of hydrogen-bond donors (Lipinski definition) is 2. The van der Waals surface area contributed by atoms with Gasteiger partial charge in [-0.05, 0) is 67.8 Å². The fourth-order valence-electron chi connectivity index (χ4n) is 5.44. The molecule has 4 saturated carbocycles. The molecule has 0 aliphatic heterocycles. The summed E-state index contributed by atoms with van der Waals surface area (Å²) >= 11 is 0. The van der Waals surface area contributed by atoms with E-state index in [2.05, 4.69) is 9.78 Å². The molecule has 4 fully saturated rings. The molecule has 1 aromatic rings. The molecular weight excluding hydrogens is 250 g/mol. The highest BCUT2D eigenvalue weighted by Gasteiger charge is 2.48. The third-order valence-electron chi connectivity index (χ3n) is 6.13. The summed E-state index contributed by atoms with van der Waals surface area (Å²) in [6.45, 7) is 0.998. The van der Waals surface area contributed by atoms with Crippen molar-refractivity contribution >= 4 is 0 Å². The Bertz CT molecular complexity index is 456. The standard InChI is InChI=1S/C16H25N3O/c17-15(9-20)16-1-2-18-19(16)8-14-12-4-10-3-11(6-12)7-13(14)5-10/h1-2,10-15,20H,3-9,17H2. The molecule has 0 radical (unpaired) electrons. The zero-order chi connectivity index (χ0) is 13.7. The number of hydrogen-bond acceptors (Lipinski definition) is 3. The summed E-state index contributed by atoms with van der Waals surface area (Å²) in [4.78, 5) is 0. The maximum Gasteiger partial charge on any atom is 0.0701 e. The normalized spacial score (nSPS) is 40.2. The maximum absolute atomic E-state index is 9.27. The van der Waals surface area contributed by atoms with Crippen molar-refractivity contribution in [1.82, 2.24) is 9.78 Å². The van der Waals surface area contributed by atoms with Crippen molar-refractivity contribution in [1.29, 1.82) is 0 Å². The van der Waals surface area contributed by atoms with E-state index >= 15 is 0 Å². The molecule has 5 rings (SSSR count). The molecule has 1 atom stereocenters. The topological polar surface area (TPSA) is 64.1 Å². The monoisotopic (exact) mass is 275 g/mol. The first-order valence-electron chi connectivity index (χ1n) is 8.12. The molecule has 0 aromatic carbocycles. The van der Waals surface area contributed by atoms with Crippen LogP contribution in [0.25, 0.3) is 0 Å². The van der Waals surface area contributed by atoms with Crippen LogP contribution in [0.15, 0.2) is 12.3 Å². The van der Waals surface area contributed by atoms with Crippen LogP contribution in [0.3, 0.4) is 0 Å². The Balaban J connectivity index is 1.53. The number of nitrogens with two attached hydrogens (primary N) is 1. The minimum absolute atomic E-state index is 0.00658. The van der Waals surface area contributed by atoms with Crippen LogP contribution in [0.1, 0.15) is 43.8 Å². The van der Waals surface area contributed by atoms with Gasteiger partial charge < -0.3 is 10.8 Å². The molecule has 4 heteroatoms. The van der Waals surface area contributed by atoms with E-state index in [1.54, 1.807) is 0 Å². The van der Waals surface area contributed by atoms with E-state index in [9.17, 15) is 5.11 Å². The van der Waals surface area contributed by atoms with Crippen LogP contribution in [0.2, 0.25) is 0 Å². The predicted molar refractivity (Wildman–Crippen MR) is 76.8 cm³/mol. The van der Waals surface area contributed by atoms with Crippen LogP contribution < -0.4 is 5.73 Å². The molecule has 1 heterocycles. The molecule has 20 heavy (non-hydrogen) atoms. The van der Waals surface area contributed by atoms with Crippen LogP contribution in [-0.2, 0) is 6.54 Å². The number of aliphatic hydroxyl groups is 1. The van der Waals surface area contributed by atoms with Crippen molar-refractivity contribution in [3.63, 3.8) is 0 Å². The lowest BCUT2D eigenvalue weighted by atomic mass is 9.52. The summed E-state index contributed by atoms with van der Waals surface area (Å²) in [6.07, 6.45) is 9.10. The Morgan fingerprint density at radius 3 is 2.45 bits per heavy atom. The molecule has 0 spiro atoms. The molecule has 3 N–H and O–H groups in total. The molecule has 1 aromatic heterocycles. The van der Waals surface area contributed by atoms with Gasteiger partial charge in [0.15, 0.2) is 0 Å². The molecule has 4 bridgehead atoms. The maximum atomic E-state index is 9.27. The quantitative estimate of drug-likeness (QED) is 0.882. The van der Waals surface area contributed by atoms with Crippen LogP contribution in [-0.4, -0.2) is 21.5 Å². The van der Waals surface area contributed by atoms with Gasteiger partial charge in [0.05, 0.1) is 18.3 Å². The molecule has 1 unspecified atom stereocenters. The van der Waals surface area contributed by atoms with Gasteiger partial charge in [0.1, 0.15) is 0 Å². The Labute approximate surface area is 120 Å². The summed E-state index contributed by atoms with van der Waals surface area (Å²) in [7, 11) is 0. The van der Waals surface area contributed by atoms with E-state index in [1.807, 2.05) is 12.3 Å². The van der Waals surface area contributed by atoms with Gasteiger partial charge in [-0.2, -0.15) is 5.10 Å². The third-order valence-corrected chi connectivity index (χ3v) is 6.13. The van der Waals surface area contributed by atoms with Gasteiger partial charge in [0.2, 0.25) is 0 Å². The average Bonchev–Trinajstić information content (AvgIpc) is 2.89. The van der Waals surface area contributed by atoms with Gasteiger partial charge in [-0.15, -0.1) is 0 Å².